The van der Waals surface area contributed by atoms with Gasteiger partial charge in [-0.3, -0.25) is 0 Å². The second kappa shape index (κ2) is 7.01. The number of rotatable bonds is 7. The highest BCUT2D eigenvalue weighted by molar-refractivity contribution is 7.99. The van der Waals surface area contributed by atoms with Gasteiger partial charge in [-0.15, -0.1) is 0 Å². The smallest absolute Gasteiger partial charge is 0.228 e. The van der Waals surface area contributed by atoms with Crippen molar-refractivity contribution in [3.8, 4) is 0 Å². The van der Waals surface area contributed by atoms with Crippen LogP contribution in [-0.4, -0.2) is 28.5 Å². The SMILES string of the molecule is CNC(Cc1nc(CSC(C)C)no1)C(C)C. The molecule has 0 aromatic carbocycles. The van der Waals surface area contributed by atoms with Crippen LogP contribution in [0.3, 0.4) is 0 Å². The lowest BCUT2D eigenvalue weighted by atomic mass is 10.0. The van der Waals surface area contributed by atoms with Gasteiger partial charge in [-0.05, 0) is 18.2 Å². The summed E-state index contributed by atoms with van der Waals surface area (Å²) < 4.78 is 5.26. The Balaban J connectivity index is 2.50. The van der Waals surface area contributed by atoms with Crippen molar-refractivity contribution in [2.24, 2.45) is 5.92 Å². The van der Waals surface area contributed by atoms with E-state index >= 15 is 0 Å². The molecule has 0 amide bonds. The summed E-state index contributed by atoms with van der Waals surface area (Å²) in [6.45, 7) is 8.71. The van der Waals surface area contributed by atoms with Gasteiger partial charge in [0.05, 0.1) is 5.75 Å². The second-order valence-corrected chi connectivity index (χ2v) is 6.37. The summed E-state index contributed by atoms with van der Waals surface area (Å²) >= 11 is 1.83. The van der Waals surface area contributed by atoms with E-state index < -0.39 is 0 Å². The fourth-order valence-electron chi connectivity index (χ4n) is 1.53. The lowest BCUT2D eigenvalue weighted by molar-refractivity contribution is 0.333. The molecule has 17 heavy (non-hydrogen) atoms. The first-order valence-corrected chi connectivity index (χ1v) is 7.18. The summed E-state index contributed by atoms with van der Waals surface area (Å²) in [6, 6.07) is 0.390. The van der Waals surface area contributed by atoms with E-state index in [1.807, 2.05) is 18.8 Å². The van der Waals surface area contributed by atoms with Crippen molar-refractivity contribution in [3.63, 3.8) is 0 Å². The average molecular weight is 257 g/mol. The zero-order valence-electron chi connectivity index (χ0n) is 11.4. The summed E-state index contributed by atoms with van der Waals surface area (Å²) in [7, 11) is 1.97. The number of likely N-dealkylation sites (N-methyl/N-ethyl adjacent to an activating group) is 1. The Hall–Kier alpha value is -0.550. The van der Waals surface area contributed by atoms with Crippen LogP contribution >= 0.6 is 11.8 Å². The highest BCUT2D eigenvalue weighted by Crippen LogP contribution is 2.15. The molecule has 1 aromatic rings. The van der Waals surface area contributed by atoms with Crippen LogP contribution in [0.2, 0.25) is 0 Å². The molecule has 4 nitrogen and oxygen atoms in total. The van der Waals surface area contributed by atoms with Crippen LogP contribution in [0.25, 0.3) is 0 Å². The van der Waals surface area contributed by atoms with Gasteiger partial charge in [0.2, 0.25) is 5.89 Å². The number of thioether (sulfide) groups is 1. The fraction of sp³-hybridized carbons (Fsp3) is 0.833. The first kappa shape index (κ1) is 14.5. The third-order valence-corrected chi connectivity index (χ3v) is 3.72. The van der Waals surface area contributed by atoms with Gasteiger partial charge < -0.3 is 9.84 Å². The van der Waals surface area contributed by atoms with Crippen molar-refractivity contribution < 1.29 is 4.52 Å². The van der Waals surface area contributed by atoms with E-state index in [1.165, 1.54) is 0 Å². The van der Waals surface area contributed by atoms with E-state index in [0.29, 0.717) is 17.2 Å². The minimum atomic E-state index is 0.390. The molecule has 1 atom stereocenters. The van der Waals surface area contributed by atoms with Crippen LogP contribution in [-0.2, 0) is 12.2 Å². The van der Waals surface area contributed by atoms with Crippen molar-refractivity contribution >= 4 is 11.8 Å². The van der Waals surface area contributed by atoms with Crippen LogP contribution in [0.1, 0.15) is 39.4 Å². The molecule has 1 heterocycles. The van der Waals surface area contributed by atoms with E-state index in [9.17, 15) is 0 Å². The largest absolute Gasteiger partial charge is 0.339 e. The number of aromatic nitrogens is 2. The van der Waals surface area contributed by atoms with Gasteiger partial charge in [0.25, 0.3) is 0 Å². The Labute approximate surface area is 108 Å². The summed E-state index contributed by atoms with van der Waals surface area (Å²) in [6.07, 6.45) is 0.799. The molecule has 0 spiro atoms. The molecular formula is C12H23N3OS. The third kappa shape index (κ3) is 5.08. The Kier molecular flexibility index (Phi) is 5.98. The molecular weight excluding hydrogens is 234 g/mol. The predicted molar refractivity (Wildman–Crippen MR) is 72.1 cm³/mol. The summed E-state index contributed by atoms with van der Waals surface area (Å²) in [5, 5.41) is 7.87. The van der Waals surface area contributed by atoms with Gasteiger partial charge in [0, 0.05) is 12.5 Å². The molecule has 5 heteroatoms. The van der Waals surface area contributed by atoms with Crippen LogP contribution < -0.4 is 5.32 Å². The zero-order valence-corrected chi connectivity index (χ0v) is 12.2. The molecule has 1 rings (SSSR count). The molecule has 0 aliphatic carbocycles. The Morgan fingerprint density at radius 3 is 2.53 bits per heavy atom. The predicted octanol–water partition coefficient (Wildman–Crippen LogP) is 2.50. The summed E-state index contributed by atoms with van der Waals surface area (Å²) in [5.74, 6) is 2.92. The summed E-state index contributed by atoms with van der Waals surface area (Å²) in [4.78, 5) is 4.41. The molecule has 0 saturated carbocycles. The molecule has 0 aliphatic rings. The van der Waals surface area contributed by atoms with Gasteiger partial charge in [-0.2, -0.15) is 16.7 Å². The molecule has 1 aromatic heterocycles. The first-order valence-electron chi connectivity index (χ1n) is 6.13. The molecule has 0 fully saturated rings. The standard InChI is InChI=1S/C12H23N3OS/c1-8(2)10(13-5)6-12-14-11(15-16-12)7-17-9(3)4/h8-10,13H,6-7H2,1-5H3. The molecule has 0 radical (unpaired) electrons. The molecule has 98 valence electrons. The van der Waals surface area contributed by atoms with Gasteiger partial charge in [0.1, 0.15) is 0 Å². The normalized spacial score (nSPS) is 13.6. The van der Waals surface area contributed by atoms with E-state index in [-0.39, 0.29) is 0 Å². The highest BCUT2D eigenvalue weighted by atomic mass is 32.2. The van der Waals surface area contributed by atoms with Crippen molar-refractivity contribution in [1.82, 2.24) is 15.5 Å². The molecule has 0 bridgehead atoms. The lowest BCUT2D eigenvalue weighted by Crippen LogP contribution is -2.32. The quantitative estimate of drug-likeness (QED) is 0.813. The maximum absolute atomic E-state index is 5.26. The van der Waals surface area contributed by atoms with Crippen LogP contribution in [0.5, 0.6) is 0 Å². The fourth-order valence-corrected chi connectivity index (χ4v) is 2.13. The minimum Gasteiger partial charge on any atom is -0.339 e. The van der Waals surface area contributed by atoms with Crippen molar-refractivity contribution in [3.05, 3.63) is 11.7 Å². The maximum Gasteiger partial charge on any atom is 0.228 e. The minimum absolute atomic E-state index is 0.390. The monoisotopic (exact) mass is 257 g/mol. The summed E-state index contributed by atoms with van der Waals surface area (Å²) in [5.41, 5.74) is 0. The van der Waals surface area contributed by atoms with Crippen molar-refractivity contribution in [2.45, 2.75) is 51.2 Å². The maximum atomic E-state index is 5.26. The Morgan fingerprint density at radius 2 is 2.00 bits per heavy atom. The molecule has 1 unspecified atom stereocenters. The molecule has 1 N–H and O–H groups in total. The Bertz CT molecular complexity index is 325. The zero-order chi connectivity index (χ0) is 12.8. The lowest BCUT2D eigenvalue weighted by Gasteiger charge is -2.17. The van der Waals surface area contributed by atoms with Gasteiger partial charge in [0.15, 0.2) is 5.82 Å². The number of nitrogens with zero attached hydrogens (tertiary/aromatic N) is 2. The topological polar surface area (TPSA) is 51.0 Å². The first-order chi connectivity index (χ1) is 8.02. The second-order valence-electron chi connectivity index (χ2n) is 4.81. The molecule has 0 aliphatic heterocycles. The van der Waals surface area contributed by atoms with Gasteiger partial charge in [-0.1, -0.05) is 32.9 Å². The van der Waals surface area contributed by atoms with E-state index in [4.69, 9.17) is 4.52 Å². The third-order valence-electron chi connectivity index (χ3n) is 2.63. The van der Waals surface area contributed by atoms with Crippen molar-refractivity contribution in [2.75, 3.05) is 7.05 Å². The van der Waals surface area contributed by atoms with E-state index in [2.05, 4.69) is 43.2 Å². The van der Waals surface area contributed by atoms with Crippen molar-refractivity contribution in [1.29, 1.82) is 0 Å². The Morgan fingerprint density at radius 1 is 1.29 bits per heavy atom. The number of hydrogen-bond donors (Lipinski definition) is 1. The highest BCUT2D eigenvalue weighted by Gasteiger charge is 2.16. The van der Waals surface area contributed by atoms with E-state index in [1.54, 1.807) is 0 Å². The average Bonchev–Trinajstić information content (AvgIpc) is 2.70. The number of nitrogens with one attached hydrogen (secondary N) is 1. The van der Waals surface area contributed by atoms with Gasteiger partial charge in [-0.25, -0.2) is 0 Å². The van der Waals surface area contributed by atoms with Crippen LogP contribution in [0, 0.1) is 5.92 Å². The van der Waals surface area contributed by atoms with Crippen LogP contribution in [0.15, 0.2) is 4.52 Å². The van der Waals surface area contributed by atoms with Gasteiger partial charge >= 0.3 is 0 Å². The van der Waals surface area contributed by atoms with E-state index in [0.717, 1.165) is 23.9 Å². The molecule has 0 saturated heterocycles. The van der Waals surface area contributed by atoms with Crippen LogP contribution in [0.4, 0.5) is 0 Å². The number of hydrogen-bond acceptors (Lipinski definition) is 5.